The normalized spacial score (nSPS) is 11.1. The third-order valence-corrected chi connectivity index (χ3v) is 5.08. The van der Waals surface area contributed by atoms with Gasteiger partial charge in [-0.05, 0) is 44.2 Å². The summed E-state index contributed by atoms with van der Waals surface area (Å²) in [5.74, 6) is -2.39. The molecule has 3 aromatic heterocycles. The second-order valence-electron chi connectivity index (χ2n) is 5.96. The van der Waals surface area contributed by atoms with Gasteiger partial charge in [0.05, 0.1) is 27.2 Å². The maximum atomic E-state index is 13.9. The maximum absolute atomic E-state index is 13.9. The van der Waals surface area contributed by atoms with Crippen LogP contribution >= 0.6 is 11.3 Å². The van der Waals surface area contributed by atoms with Crippen molar-refractivity contribution >= 4 is 34.0 Å². The van der Waals surface area contributed by atoms with E-state index in [4.69, 9.17) is 4.52 Å². The molecule has 5 nitrogen and oxygen atoms in total. The lowest BCUT2D eigenvalue weighted by molar-refractivity contribution is 0.102. The molecule has 0 aliphatic rings. The number of carbonyl (C=O) groups is 1. The summed E-state index contributed by atoms with van der Waals surface area (Å²) in [6.45, 7) is 3.63. The number of halogens is 2. The number of hydrogen-bond donors (Lipinski definition) is 1. The summed E-state index contributed by atoms with van der Waals surface area (Å²) in [7, 11) is 0. The predicted molar refractivity (Wildman–Crippen MR) is 98.9 cm³/mol. The Kier molecular flexibility index (Phi) is 4.19. The van der Waals surface area contributed by atoms with Gasteiger partial charge in [-0.3, -0.25) is 4.79 Å². The quantitative estimate of drug-likeness (QED) is 0.533. The highest BCUT2D eigenvalue weighted by Crippen LogP contribution is 2.31. The molecule has 0 fully saturated rings. The van der Waals surface area contributed by atoms with Gasteiger partial charge in [0.25, 0.3) is 11.6 Å². The van der Waals surface area contributed by atoms with E-state index >= 15 is 0 Å². The van der Waals surface area contributed by atoms with Gasteiger partial charge in [-0.2, -0.15) is 0 Å². The highest BCUT2D eigenvalue weighted by Gasteiger charge is 2.21. The summed E-state index contributed by atoms with van der Waals surface area (Å²) >= 11 is 1.51. The smallest absolute Gasteiger partial charge is 0.259 e. The predicted octanol–water partition coefficient (Wildman–Crippen LogP) is 5.10. The highest BCUT2D eigenvalue weighted by atomic mass is 32.1. The Morgan fingerprint density at radius 1 is 1.15 bits per heavy atom. The van der Waals surface area contributed by atoms with Crippen LogP contribution in [0, 0.1) is 25.5 Å². The lowest BCUT2D eigenvalue weighted by Gasteiger charge is -2.09. The topological polar surface area (TPSA) is 68.0 Å². The van der Waals surface area contributed by atoms with Crippen molar-refractivity contribution in [2.45, 2.75) is 13.8 Å². The first-order valence-corrected chi connectivity index (χ1v) is 8.85. The van der Waals surface area contributed by atoms with Crippen molar-refractivity contribution < 1.29 is 18.1 Å². The zero-order valence-electron chi connectivity index (χ0n) is 14.3. The molecule has 1 amide bonds. The summed E-state index contributed by atoms with van der Waals surface area (Å²) in [6, 6.07) is 8.77. The van der Waals surface area contributed by atoms with Gasteiger partial charge in [-0.25, -0.2) is 13.8 Å². The zero-order chi connectivity index (χ0) is 19.1. The fourth-order valence-corrected chi connectivity index (χ4v) is 3.60. The van der Waals surface area contributed by atoms with E-state index in [1.165, 1.54) is 17.4 Å². The first-order valence-electron chi connectivity index (χ1n) is 8.03. The molecule has 0 spiro atoms. The average Bonchev–Trinajstić information content (AvgIpc) is 3.23. The zero-order valence-corrected chi connectivity index (χ0v) is 15.2. The van der Waals surface area contributed by atoms with Crippen LogP contribution in [0.4, 0.5) is 14.5 Å². The molecule has 0 saturated heterocycles. The van der Waals surface area contributed by atoms with Crippen LogP contribution in [-0.2, 0) is 0 Å². The molecule has 136 valence electrons. The second-order valence-corrected chi connectivity index (χ2v) is 7.25. The number of para-hydroxylation sites is 1. The number of nitrogens with one attached hydrogen (secondary N) is 1. The molecule has 4 rings (SSSR count). The third-order valence-electron chi connectivity index (χ3n) is 4.06. The number of pyridine rings is 1. The second kappa shape index (κ2) is 6.55. The van der Waals surface area contributed by atoms with E-state index in [2.05, 4.69) is 15.5 Å². The average molecular weight is 385 g/mol. The summed E-state index contributed by atoms with van der Waals surface area (Å²) in [6.07, 6.45) is 0. The molecule has 3 heterocycles. The molecule has 0 unspecified atom stereocenters. The minimum absolute atomic E-state index is 0.183. The van der Waals surface area contributed by atoms with E-state index in [9.17, 15) is 13.6 Å². The SMILES string of the molecule is Cc1ccc(-c2cc(C(=O)Nc3c(F)cccc3F)c3c(C)noc3n2)s1. The van der Waals surface area contributed by atoms with Crippen molar-refractivity contribution in [2.24, 2.45) is 0 Å². The summed E-state index contributed by atoms with van der Waals surface area (Å²) in [5.41, 5.74) is 0.856. The Bertz CT molecular complexity index is 1160. The van der Waals surface area contributed by atoms with Crippen LogP contribution in [0.2, 0.25) is 0 Å². The summed E-state index contributed by atoms with van der Waals surface area (Å²) in [5, 5.41) is 6.57. The molecule has 1 aromatic carbocycles. The summed E-state index contributed by atoms with van der Waals surface area (Å²) < 4.78 is 33.0. The number of nitrogens with zero attached hydrogens (tertiary/aromatic N) is 2. The number of hydrogen-bond acceptors (Lipinski definition) is 5. The number of thiophene rings is 1. The third kappa shape index (κ3) is 3.08. The first-order chi connectivity index (χ1) is 12.9. The van der Waals surface area contributed by atoms with E-state index in [1.807, 2.05) is 19.1 Å². The summed E-state index contributed by atoms with van der Waals surface area (Å²) in [4.78, 5) is 19.2. The fraction of sp³-hybridized carbons (Fsp3) is 0.105. The first kappa shape index (κ1) is 17.3. The van der Waals surface area contributed by atoms with Crippen LogP contribution in [-0.4, -0.2) is 16.0 Å². The van der Waals surface area contributed by atoms with Crippen molar-refractivity contribution in [3.05, 3.63) is 64.2 Å². The number of carbonyl (C=O) groups excluding carboxylic acids is 1. The molecule has 0 atom stereocenters. The Labute approximate surface area is 156 Å². The van der Waals surface area contributed by atoms with Crippen LogP contribution in [0.25, 0.3) is 21.7 Å². The molecule has 0 saturated carbocycles. The Morgan fingerprint density at radius 3 is 2.56 bits per heavy atom. The van der Waals surface area contributed by atoms with Crippen molar-refractivity contribution in [3.63, 3.8) is 0 Å². The molecular weight excluding hydrogens is 372 g/mol. The van der Waals surface area contributed by atoms with Crippen LogP contribution in [0.3, 0.4) is 0 Å². The van der Waals surface area contributed by atoms with E-state index in [1.54, 1.807) is 13.0 Å². The molecule has 8 heteroatoms. The van der Waals surface area contributed by atoms with Crippen LogP contribution < -0.4 is 5.32 Å². The Balaban J connectivity index is 1.84. The van der Waals surface area contributed by atoms with Crippen molar-refractivity contribution in [3.8, 4) is 10.6 Å². The standard InChI is InChI=1S/C19H13F2N3O2S/c1-9-6-7-15(27-9)14-8-11(16-10(2)24-26-19(16)22-14)18(25)23-17-12(20)4-3-5-13(17)21/h3-8H,1-2H3,(H,23,25). The molecule has 0 bridgehead atoms. The van der Waals surface area contributed by atoms with E-state index in [0.717, 1.165) is 21.9 Å². The van der Waals surface area contributed by atoms with Crippen LogP contribution in [0.5, 0.6) is 0 Å². The lowest BCUT2D eigenvalue weighted by atomic mass is 10.1. The van der Waals surface area contributed by atoms with Crippen LogP contribution in [0.1, 0.15) is 20.9 Å². The van der Waals surface area contributed by atoms with Crippen LogP contribution in [0.15, 0.2) is 40.9 Å². The number of anilines is 1. The van der Waals surface area contributed by atoms with Gasteiger partial charge in [-0.15, -0.1) is 11.3 Å². The number of benzene rings is 1. The number of amides is 1. The Hall–Kier alpha value is -3.13. The molecule has 0 radical (unpaired) electrons. The van der Waals surface area contributed by atoms with Gasteiger partial charge < -0.3 is 9.84 Å². The number of rotatable bonds is 3. The lowest BCUT2D eigenvalue weighted by Crippen LogP contribution is -2.15. The van der Waals surface area contributed by atoms with Gasteiger partial charge in [0.1, 0.15) is 17.3 Å². The van der Waals surface area contributed by atoms with E-state index in [0.29, 0.717) is 16.8 Å². The van der Waals surface area contributed by atoms with Gasteiger partial charge in [0, 0.05) is 4.88 Å². The number of aryl methyl sites for hydroxylation is 2. The van der Waals surface area contributed by atoms with Gasteiger partial charge in [0.15, 0.2) is 0 Å². The maximum Gasteiger partial charge on any atom is 0.259 e. The van der Waals surface area contributed by atoms with E-state index < -0.39 is 23.2 Å². The molecule has 0 aliphatic heterocycles. The number of fused-ring (bicyclic) bond motifs is 1. The van der Waals surface area contributed by atoms with Gasteiger partial charge in [0.2, 0.25) is 0 Å². The molecular formula is C19H13F2N3O2S. The monoisotopic (exact) mass is 385 g/mol. The molecule has 4 aromatic rings. The molecule has 0 aliphatic carbocycles. The van der Waals surface area contributed by atoms with Crippen molar-refractivity contribution in [1.82, 2.24) is 10.1 Å². The van der Waals surface area contributed by atoms with Crippen molar-refractivity contribution in [1.29, 1.82) is 0 Å². The number of aromatic nitrogens is 2. The minimum Gasteiger partial charge on any atom is -0.335 e. The van der Waals surface area contributed by atoms with E-state index in [-0.39, 0.29) is 11.3 Å². The molecule has 1 N–H and O–H groups in total. The van der Waals surface area contributed by atoms with Gasteiger partial charge >= 0.3 is 0 Å². The van der Waals surface area contributed by atoms with Crippen molar-refractivity contribution in [2.75, 3.05) is 5.32 Å². The highest BCUT2D eigenvalue weighted by molar-refractivity contribution is 7.15. The fourth-order valence-electron chi connectivity index (χ4n) is 2.77. The van der Waals surface area contributed by atoms with Gasteiger partial charge in [-0.1, -0.05) is 11.2 Å². The Morgan fingerprint density at radius 2 is 1.89 bits per heavy atom. The largest absolute Gasteiger partial charge is 0.335 e. The molecule has 27 heavy (non-hydrogen) atoms. The minimum atomic E-state index is -0.857.